The molecule has 0 amide bonds. The van der Waals surface area contributed by atoms with Crippen LogP contribution in [0, 0.1) is 0 Å². The summed E-state index contributed by atoms with van der Waals surface area (Å²) in [5, 5.41) is 0. The molecule has 0 rings (SSSR count). The van der Waals surface area contributed by atoms with Crippen LogP contribution in [-0.2, 0) is 0 Å². The molecule has 0 aromatic heterocycles. The molecule has 0 saturated carbocycles. The summed E-state index contributed by atoms with van der Waals surface area (Å²) in [4.78, 5) is 0. The van der Waals surface area contributed by atoms with Crippen LogP contribution < -0.4 is 33.8 Å². The van der Waals surface area contributed by atoms with Crippen molar-refractivity contribution in [1.82, 2.24) is 0 Å². The van der Waals surface area contributed by atoms with Crippen LogP contribution in [0.3, 0.4) is 0 Å². The first-order valence-corrected chi connectivity index (χ1v) is 4.14. The molecule has 0 spiro atoms. The van der Waals surface area contributed by atoms with Crippen molar-refractivity contribution >= 4 is 51.4 Å². The van der Waals surface area contributed by atoms with E-state index >= 15 is 0 Å². The Hall–Kier alpha value is 2.17. The van der Waals surface area contributed by atoms with Gasteiger partial charge in [0, 0.05) is 51.4 Å². The second-order valence-corrected chi connectivity index (χ2v) is 2.54. The van der Waals surface area contributed by atoms with Crippen LogP contribution >= 0.6 is 0 Å². The maximum absolute atomic E-state index is 8.62. The molecule has 0 saturated heterocycles. The SMILES string of the molecule is [K].[O-][I+3]([O-])([O-])[O-].[OH-]. The summed E-state index contributed by atoms with van der Waals surface area (Å²) < 4.78 is 34.5. The zero-order chi connectivity index (χ0) is 4.50. The second kappa shape index (κ2) is 6.29. The normalized spacial score (nSPS) is 8.57. The van der Waals surface area contributed by atoms with E-state index in [9.17, 15) is 0 Å². The van der Waals surface area contributed by atoms with Crippen LogP contribution in [0.15, 0.2) is 0 Å². The quantitative estimate of drug-likeness (QED) is 0.310. The van der Waals surface area contributed by atoms with Gasteiger partial charge in [0.1, 0.15) is 20.1 Å². The Kier molecular flexibility index (Phi) is 14.4. The Balaban J connectivity index is -0.0000000800. The maximum Gasteiger partial charge on any atom is 0.144 e. The summed E-state index contributed by atoms with van der Waals surface area (Å²) in [6.45, 7) is 0. The average molecular weight is 247 g/mol. The van der Waals surface area contributed by atoms with Crippen molar-refractivity contribution in [2.75, 3.05) is 0 Å². The van der Waals surface area contributed by atoms with Gasteiger partial charge in [-0.05, 0) is 0 Å². The molecule has 7 heavy (non-hydrogen) atoms. The Labute approximate surface area is 88.8 Å². The van der Waals surface area contributed by atoms with Gasteiger partial charge in [0.25, 0.3) is 0 Å². The molecule has 0 aliphatic carbocycles. The minimum atomic E-state index is -5.94. The monoisotopic (exact) mass is 247 g/mol. The third-order valence-corrected chi connectivity index (χ3v) is 0. The molecule has 0 atom stereocenters. The zero-order valence-corrected chi connectivity index (χ0v) is 8.74. The van der Waals surface area contributed by atoms with Gasteiger partial charge in [0.2, 0.25) is 0 Å². The van der Waals surface area contributed by atoms with E-state index in [4.69, 9.17) is 13.7 Å². The van der Waals surface area contributed by atoms with Gasteiger partial charge in [-0.2, -0.15) is 0 Å². The van der Waals surface area contributed by atoms with E-state index in [0.717, 1.165) is 0 Å². The van der Waals surface area contributed by atoms with Gasteiger partial charge < -0.3 is 5.48 Å². The molecule has 0 bridgehead atoms. The van der Waals surface area contributed by atoms with Crippen molar-refractivity contribution in [2.45, 2.75) is 0 Å². The number of hydrogen-bond acceptors (Lipinski definition) is 5. The average Bonchev–Trinajstić information content (AvgIpc) is 0.722. The Bertz CT molecular complexity index is 23.6. The third kappa shape index (κ3) is 66.2. The summed E-state index contributed by atoms with van der Waals surface area (Å²) in [6.07, 6.45) is 0. The van der Waals surface area contributed by atoms with Crippen molar-refractivity contribution in [2.24, 2.45) is 0 Å². The molecular weight excluding hydrogens is 246 g/mol. The van der Waals surface area contributed by atoms with Gasteiger partial charge in [0.05, 0.1) is 0 Å². The summed E-state index contributed by atoms with van der Waals surface area (Å²) in [5.74, 6) is 0. The minimum absolute atomic E-state index is 0. The Morgan fingerprint density at radius 3 is 0.857 bits per heavy atom. The first kappa shape index (κ1) is 16.1. The molecule has 1 radical (unpaired) electrons. The van der Waals surface area contributed by atoms with Gasteiger partial charge in [0.15, 0.2) is 0 Å². The van der Waals surface area contributed by atoms with Gasteiger partial charge in [-0.3, -0.25) is 13.7 Å². The zero-order valence-electron chi connectivity index (χ0n) is 3.46. The molecule has 0 unspecified atom stereocenters. The van der Waals surface area contributed by atoms with Gasteiger partial charge in [-0.1, -0.05) is 0 Å². The molecule has 0 aliphatic rings. The molecule has 1 N–H and O–H groups in total. The van der Waals surface area contributed by atoms with Crippen molar-refractivity contribution in [3.63, 3.8) is 0 Å². The van der Waals surface area contributed by atoms with E-state index in [1.54, 1.807) is 0 Å². The predicted octanol–water partition coefficient (Wildman–Crippen LogP) is -8.31. The summed E-state index contributed by atoms with van der Waals surface area (Å²) in [7, 11) is 0. The van der Waals surface area contributed by atoms with Crippen molar-refractivity contribution < 1.29 is 39.3 Å². The van der Waals surface area contributed by atoms with Gasteiger partial charge >= 0.3 is 0 Å². The van der Waals surface area contributed by atoms with Crippen molar-refractivity contribution in [1.29, 1.82) is 0 Å². The minimum Gasteiger partial charge on any atom is -0.870 e. The van der Waals surface area contributed by atoms with Crippen LogP contribution in [-0.4, -0.2) is 56.9 Å². The molecule has 41 valence electrons. The van der Waals surface area contributed by atoms with Crippen LogP contribution in [0.4, 0.5) is 0 Å². The van der Waals surface area contributed by atoms with E-state index in [1.807, 2.05) is 0 Å². The number of hydrogen-bond donors (Lipinski definition) is 0. The van der Waals surface area contributed by atoms with Crippen LogP contribution in [0.2, 0.25) is 0 Å². The van der Waals surface area contributed by atoms with Gasteiger partial charge in [-0.15, -0.1) is 0 Å². The summed E-state index contributed by atoms with van der Waals surface area (Å²) in [6, 6.07) is 0. The molecule has 0 heterocycles. The molecule has 7 heteroatoms. The smallest absolute Gasteiger partial charge is 0.144 e. The third-order valence-electron chi connectivity index (χ3n) is 0. The number of rotatable bonds is 0. The molecule has 0 aliphatic heterocycles. The molecule has 0 aromatic rings. The van der Waals surface area contributed by atoms with E-state index in [2.05, 4.69) is 0 Å². The van der Waals surface area contributed by atoms with E-state index in [-0.39, 0.29) is 56.9 Å². The molecule has 0 fully saturated rings. The predicted molar refractivity (Wildman–Crippen MR) is 7.69 cm³/mol. The standard InChI is InChI=1S/IO4.K.H2O/c2-1(3,4)5;;/h;;1H2/q-1;;/p-1. The fraction of sp³-hybridized carbons (Fsp3) is 0. The molecule has 5 nitrogen and oxygen atoms in total. The van der Waals surface area contributed by atoms with Gasteiger partial charge in [-0.25, -0.2) is 0 Å². The van der Waals surface area contributed by atoms with Crippen LogP contribution in [0.25, 0.3) is 0 Å². The van der Waals surface area contributed by atoms with E-state index < -0.39 is 20.1 Å². The summed E-state index contributed by atoms with van der Waals surface area (Å²) >= 11 is -5.94. The topological polar surface area (TPSA) is 122 Å². The van der Waals surface area contributed by atoms with Crippen LogP contribution in [0.1, 0.15) is 0 Å². The molecular formula is HIKO5-2. The molecule has 0 aromatic carbocycles. The largest absolute Gasteiger partial charge is 0.870 e. The summed E-state index contributed by atoms with van der Waals surface area (Å²) in [5.41, 5.74) is 0. The van der Waals surface area contributed by atoms with E-state index in [0.29, 0.717) is 0 Å². The van der Waals surface area contributed by atoms with Crippen LogP contribution in [0.5, 0.6) is 0 Å². The van der Waals surface area contributed by atoms with Crippen molar-refractivity contribution in [3.8, 4) is 0 Å². The second-order valence-electron chi connectivity index (χ2n) is 0.378. The first-order chi connectivity index (χ1) is 2.00. The first-order valence-electron chi connectivity index (χ1n) is 0.617. The number of halogens is 1. The fourth-order valence-electron chi connectivity index (χ4n) is 0. The van der Waals surface area contributed by atoms with E-state index in [1.165, 1.54) is 0 Å². The van der Waals surface area contributed by atoms with Crippen molar-refractivity contribution in [3.05, 3.63) is 0 Å². The Morgan fingerprint density at radius 2 is 0.857 bits per heavy atom. The Morgan fingerprint density at radius 1 is 0.857 bits per heavy atom. The maximum atomic E-state index is 8.62. The fourth-order valence-corrected chi connectivity index (χ4v) is 0.